The molecule has 0 radical (unpaired) electrons. The fourth-order valence-electron chi connectivity index (χ4n) is 3.36. The number of morpholine rings is 1. The van der Waals surface area contributed by atoms with Crippen LogP contribution in [0.3, 0.4) is 0 Å². The molecule has 0 atom stereocenters. The Balaban J connectivity index is 1.34. The number of benzene rings is 1. The molecular formula is C19H22N2O2S. The van der Waals surface area contributed by atoms with E-state index in [1.54, 1.807) is 11.3 Å². The van der Waals surface area contributed by atoms with E-state index in [2.05, 4.69) is 40.5 Å². The third kappa shape index (κ3) is 3.32. The summed E-state index contributed by atoms with van der Waals surface area (Å²) in [6.45, 7) is 4.05. The molecule has 126 valence electrons. The highest BCUT2D eigenvalue weighted by Crippen LogP contribution is 2.30. The van der Waals surface area contributed by atoms with Crippen LogP contribution in [0.2, 0.25) is 0 Å². The topological polar surface area (TPSA) is 41.6 Å². The predicted molar refractivity (Wildman–Crippen MR) is 97.0 cm³/mol. The van der Waals surface area contributed by atoms with E-state index in [4.69, 9.17) is 4.74 Å². The van der Waals surface area contributed by atoms with Gasteiger partial charge in [-0.3, -0.25) is 4.79 Å². The van der Waals surface area contributed by atoms with Crippen molar-refractivity contribution in [2.75, 3.05) is 31.2 Å². The van der Waals surface area contributed by atoms with E-state index in [0.29, 0.717) is 6.54 Å². The maximum absolute atomic E-state index is 12.3. The van der Waals surface area contributed by atoms with Gasteiger partial charge in [0.15, 0.2) is 0 Å². The van der Waals surface area contributed by atoms with E-state index in [-0.39, 0.29) is 5.91 Å². The smallest absolute Gasteiger partial charge is 0.261 e. The van der Waals surface area contributed by atoms with Gasteiger partial charge in [0.1, 0.15) is 0 Å². The van der Waals surface area contributed by atoms with Crippen molar-refractivity contribution in [3.05, 3.63) is 51.2 Å². The van der Waals surface area contributed by atoms with Crippen LogP contribution in [0.25, 0.3) is 0 Å². The Kier molecular flexibility index (Phi) is 4.54. The number of anilines is 1. The van der Waals surface area contributed by atoms with Crippen molar-refractivity contribution in [2.45, 2.75) is 25.8 Å². The molecule has 0 saturated carbocycles. The van der Waals surface area contributed by atoms with Crippen LogP contribution in [0.15, 0.2) is 30.3 Å². The molecule has 0 bridgehead atoms. The minimum Gasteiger partial charge on any atom is -0.378 e. The Morgan fingerprint density at radius 2 is 1.96 bits per heavy atom. The molecule has 1 fully saturated rings. The number of nitrogens with zero attached hydrogens (tertiary/aromatic N) is 1. The molecule has 1 saturated heterocycles. The fourth-order valence-corrected chi connectivity index (χ4v) is 4.53. The van der Waals surface area contributed by atoms with Gasteiger partial charge in [-0.05, 0) is 48.6 Å². The Hall–Kier alpha value is -1.85. The minimum absolute atomic E-state index is 0.0478. The monoisotopic (exact) mass is 342 g/mol. The highest BCUT2D eigenvalue weighted by molar-refractivity contribution is 7.14. The normalized spacial score (nSPS) is 16.9. The molecule has 4 nitrogen and oxygen atoms in total. The van der Waals surface area contributed by atoms with Crippen molar-refractivity contribution in [3.8, 4) is 0 Å². The lowest BCUT2D eigenvalue weighted by Crippen LogP contribution is -2.36. The molecule has 0 unspecified atom stereocenters. The van der Waals surface area contributed by atoms with Gasteiger partial charge in [0.25, 0.3) is 5.91 Å². The van der Waals surface area contributed by atoms with Crippen molar-refractivity contribution in [1.82, 2.24) is 5.32 Å². The quantitative estimate of drug-likeness (QED) is 0.929. The lowest BCUT2D eigenvalue weighted by atomic mass is 10.2. The molecule has 2 heterocycles. The first-order valence-electron chi connectivity index (χ1n) is 8.61. The summed E-state index contributed by atoms with van der Waals surface area (Å²) in [6, 6.07) is 10.5. The Labute approximate surface area is 146 Å². The number of rotatable bonds is 4. The molecular weight excluding hydrogens is 320 g/mol. The van der Waals surface area contributed by atoms with Crippen molar-refractivity contribution >= 4 is 22.9 Å². The summed E-state index contributed by atoms with van der Waals surface area (Å²) in [5.41, 5.74) is 3.73. The number of hydrogen-bond acceptors (Lipinski definition) is 4. The Bertz CT molecular complexity index is 696. The fraction of sp³-hybridized carbons (Fsp3) is 0.421. The second kappa shape index (κ2) is 6.95. The second-order valence-electron chi connectivity index (χ2n) is 6.36. The zero-order valence-electron chi connectivity index (χ0n) is 13.7. The molecule has 5 heteroatoms. The second-order valence-corrected chi connectivity index (χ2v) is 7.50. The van der Waals surface area contributed by atoms with Crippen molar-refractivity contribution < 1.29 is 9.53 Å². The number of carbonyl (C=O) groups excluding carboxylic acids is 1. The molecule has 4 rings (SSSR count). The van der Waals surface area contributed by atoms with Gasteiger partial charge in [-0.15, -0.1) is 11.3 Å². The van der Waals surface area contributed by atoms with Gasteiger partial charge in [-0.25, -0.2) is 0 Å². The highest BCUT2D eigenvalue weighted by atomic mass is 32.1. The Morgan fingerprint density at radius 1 is 1.17 bits per heavy atom. The zero-order valence-corrected chi connectivity index (χ0v) is 14.5. The van der Waals surface area contributed by atoms with Crippen LogP contribution in [0.5, 0.6) is 0 Å². The van der Waals surface area contributed by atoms with Crippen LogP contribution in [0.4, 0.5) is 5.69 Å². The molecule has 1 N–H and O–H groups in total. The average molecular weight is 342 g/mol. The Morgan fingerprint density at radius 3 is 2.71 bits per heavy atom. The number of carbonyl (C=O) groups is 1. The number of nitrogens with one attached hydrogen (secondary N) is 1. The van der Waals surface area contributed by atoms with Gasteiger partial charge in [0.2, 0.25) is 0 Å². The number of hydrogen-bond donors (Lipinski definition) is 1. The number of fused-ring (bicyclic) bond motifs is 1. The summed E-state index contributed by atoms with van der Waals surface area (Å²) >= 11 is 1.66. The molecule has 1 aromatic carbocycles. The number of aryl methyl sites for hydroxylation is 2. The van der Waals surface area contributed by atoms with E-state index in [1.807, 2.05) is 0 Å². The molecule has 1 aromatic heterocycles. The van der Waals surface area contributed by atoms with E-state index >= 15 is 0 Å². The van der Waals surface area contributed by atoms with Crippen LogP contribution in [0, 0.1) is 0 Å². The lowest BCUT2D eigenvalue weighted by molar-refractivity contribution is 0.0955. The van der Waals surface area contributed by atoms with Gasteiger partial charge in [0.05, 0.1) is 18.1 Å². The van der Waals surface area contributed by atoms with Gasteiger partial charge in [-0.1, -0.05) is 12.1 Å². The van der Waals surface area contributed by atoms with Gasteiger partial charge < -0.3 is 15.0 Å². The molecule has 0 spiro atoms. The average Bonchev–Trinajstić information content (AvgIpc) is 3.23. The maximum atomic E-state index is 12.3. The van der Waals surface area contributed by atoms with Crippen molar-refractivity contribution in [3.63, 3.8) is 0 Å². The molecule has 1 aliphatic heterocycles. The van der Waals surface area contributed by atoms with Crippen LogP contribution in [0.1, 0.15) is 32.1 Å². The van der Waals surface area contributed by atoms with Crippen molar-refractivity contribution in [2.24, 2.45) is 0 Å². The van der Waals surface area contributed by atoms with Crippen LogP contribution in [-0.4, -0.2) is 32.2 Å². The third-order valence-corrected chi connectivity index (χ3v) is 5.97. The van der Waals surface area contributed by atoms with Gasteiger partial charge >= 0.3 is 0 Å². The highest BCUT2D eigenvalue weighted by Gasteiger charge is 2.18. The standard InChI is InChI=1S/C19H22N2O2S/c22-19(18-12-15-2-1-3-17(15)24-18)20-13-14-4-6-16(7-5-14)21-8-10-23-11-9-21/h4-7,12H,1-3,8-11,13H2,(H,20,22). The predicted octanol–water partition coefficient (Wildman–Crippen LogP) is 3.00. The summed E-state index contributed by atoms with van der Waals surface area (Å²) in [6.07, 6.45) is 3.50. The summed E-state index contributed by atoms with van der Waals surface area (Å²) < 4.78 is 5.39. The number of ether oxygens (including phenoxy) is 1. The van der Waals surface area contributed by atoms with Crippen LogP contribution < -0.4 is 10.2 Å². The molecule has 2 aromatic rings. The lowest BCUT2D eigenvalue weighted by Gasteiger charge is -2.28. The first kappa shape index (κ1) is 15.7. The summed E-state index contributed by atoms with van der Waals surface area (Å²) in [5.74, 6) is 0.0478. The molecule has 1 amide bonds. The van der Waals surface area contributed by atoms with Crippen LogP contribution >= 0.6 is 11.3 Å². The van der Waals surface area contributed by atoms with Crippen LogP contribution in [-0.2, 0) is 24.1 Å². The maximum Gasteiger partial charge on any atom is 0.261 e. The number of thiophene rings is 1. The molecule has 2 aliphatic rings. The third-order valence-electron chi connectivity index (χ3n) is 4.74. The minimum atomic E-state index is 0.0478. The van der Waals surface area contributed by atoms with E-state index < -0.39 is 0 Å². The van der Waals surface area contributed by atoms with E-state index in [0.717, 1.165) is 49.6 Å². The summed E-state index contributed by atoms with van der Waals surface area (Å²) in [4.78, 5) is 16.9. The summed E-state index contributed by atoms with van der Waals surface area (Å²) in [5, 5.41) is 3.04. The van der Waals surface area contributed by atoms with E-state index in [1.165, 1.54) is 22.5 Å². The molecule has 1 aliphatic carbocycles. The van der Waals surface area contributed by atoms with Crippen molar-refractivity contribution in [1.29, 1.82) is 0 Å². The first-order chi connectivity index (χ1) is 11.8. The van der Waals surface area contributed by atoms with E-state index in [9.17, 15) is 4.79 Å². The largest absolute Gasteiger partial charge is 0.378 e. The zero-order chi connectivity index (χ0) is 16.4. The van der Waals surface area contributed by atoms with Gasteiger partial charge in [-0.2, -0.15) is 0 Å². The molecule has 24 heavy (non-hydrogen) atoms. The first-order valence-corrected chi connectivity index (χ1v) is 9.43. The van der Waals surface area contributed by atoms with Gasteiger partial charge in [0, 0.05) is 30.2 Å². The number of amides is 1. The SMILES string of the molecule is O=C(NCc1ccc(N2CCOCC2)cc1)c1cc2c(s1)CCC2. The summed E-state index contributed by atoms with van der Waals surface area (Å²) in [7, 11) is 0.